The first-order valence-corrected chi connectivity index (χ1v) is 6.64. The van der Waals surface area contributed by atoms with Crippen molar-refractivity contribution in [3.63, 3.8) is 0 Å². The maximum absolute atomic E-state index is 12.0. The van der Waals surface area contributed by atoms with Crippen LogP contribution < -0.4 is 0 Å². The lowest BCUT2D eigenvalue weighted by Gasteiger charge is -2.14. The standard InChI is InChI=1S/C11H16N2O3S/c1-4-16-10(2)12-13(3)17(14,15)11-8-6-5-7-9-11/h5-9H,4H2,1-3H3/b12-10+. The molecule has 0 heterocycles. The molecule has 6 heteroatoms. The fourth-order valence-electron chi connectivity index (χ4n) is 1.23. The number of hydrogen-bond donors (Lipinski definition) is 0. The number of benzene rings is 1. The topological polar surface area (TPSA) is 59.0 Å². The van der Waals surface area contributed by atoms with E-state index in [2.05, 4.69) is 5.10 Å². The first kappa shape index (κ1) is 13.5. The number of ether oxygens (including phenoxy) is 1. The SMILES string of the molecule is CCO/C(C)=N/N(C)S(=O)(=O)c1ccccc1. The molecule has 0 aliphatic rings. The average molecular weight is 256 g/mol. The number of nitrogens with zero attached hydrogens (tertiary/aromatic N) is 2. The van der Waals surface area contributed by atoms with E-state index in [0.29, 0.717) is 12.5 Å². The average Bonchev–Trinajstić information content (AvgIpc) is 2.30. The summed E-state index contributed by atoms with van der Waals surface area (Å²) in [7, 11) is -2.21. The third-order valence-corrected chi connectivity index (χ3v) is 3.67. The molecule has 0 saturated heterocycles. The molecule has 0 atom stereocenters. The Morgan fingerprint density at radius 3 is 2.47 bits per heavy atom. The second-order valence-corrected chi connectivity index (χ2v) is 5.25. The zero-order valence-corrected chi connectivity index (χ0v) is 10.9. The minimum Gasteiger partial charge on any atom is -0.480 e. The van der Waals surface area contributed by atoms with Crippen LogP contribution in [0.1, 0.15) is 13.8 Å². The van der Waals surface area contributed by atoms with E-state index in [1.165, 1.54) is 19.2 Å². The van der Waals surface area contributed by atoms with Gasteiger partial charge >= 0.3 is 0 Å². The predicted molar refractivity (Wildman–Crippen MR) is 66.1 cm³/mol. The lowest BCUT2D eigenvalue weighted by Crippen LogP contribution is -2.23. The third kappa shape index (κ3) is 3.45. The Hall–Kier alpha value is -1.56. The normalized spacial score (nSPS) is 12.3. The molecule has 94 valence electrons. The number of hydrogen-bond acceptors (Lipinski definition) is 4. The van der Waals surface area contributed by atoms with Crippen LogP contribution in [0.25, 0.3) is 0 Å². The molecule has 0 aromatic heterocycles. The zero-order chi connectivity index (χ0) is 12.9. The summed E-state index contributed by atoms with van der Waals surface area (Å²) in [5.41, 5.74) is 0. The lowest BCUT2D eigenvalue weighted by molar-refractivity contribution is 0.313. The molecule has 0 radical (unpaired) electrons. The summed E-state index contributed by atoms with van der Waals surface area (Å²) in [4.78, 5) is 0.204. The molecule has 0 fully saturated rings. The van der Waals surface area contributed by atoms with E-state index < -0.39 is 10.0 Å². The fourth-order valence-corrected chi connectivity index (χ4v) is 2.26. The molecule has 0 aliphatic heterocycles. The van der Waals surface area contributed by atoms with Crippen molar-refractivity contribution < 1.29 is 13.2 Å². The Morgan fingerprint density at radius 2 is 1.94 bits per heavy atom. The van der Waals surface area contributed by atoms with Crippen molar-refractivity contribution in [2.24, 2.45) is 5.10 Å². The van der Waals surface area contributed by atoms with E-state index in [9.17, 15) is 8.42 Å². The number of sulfonamides is 1. The first-order chi connectivity index (χ1) is 7.98. The molecular formula is C11H16N2O3S. The van der Waals surface area contributed by atoms with Crippen molar-refractivity contribution in [1.29, 1.82) is 0 Å². The maximum atomic E-state index is 12.0. The van der Waals surface area contributed by atoms with Crippen LogP contribution in [0.15, 0.2) is 40.3 Å². The molecule has 0 bridgehead atoms. The number of rotatable bonds is 4. The second-order valence-electron chi connectivity index (χ2n) is 3.30. The molecule has 1 rings (SSSR count). The first-order valence-electron chi connectivity index (χ1n) is 5.20. The predicted octanol–water partition coefficient (Wildman–Crippen LogP) is 1.68. The number of hydrazone groups is 1. The van der Waals surface area contributed by atoms with Crippen molar-refractivity contribution in [1.82, 2.24) is 4.41 Å². The van der Waals surface area contributed by atoms with Crippen molar-refractivity contribution >= 4 is 15.9 Å². The van der Waals surface area contributed by atoms with E-state index in [1.54, 1.807) is 25.1 Å². The second kappa shape index (κ2) is 5.67. The van der Waals surface area contributed by atoms with Crippen LogP contribution >= 0.6 is 0 Å². The van der Waals surface area contributed by atoms with Gasteiger partial charge in [-0.05, 0) is 19.1 Å². The van der Waals surface area contributed by atoms with E-state index in [4.69, 9.17) is 4.74 Å². The highest BCUT2D eigenvalue weighted by Crippen LogP contribution is 2.13. The maximum Gasteiger partial charge on any atom is 0.278 e. The van der Waals surface area contributed by atoms with Crippen LogP contribution in [0.2, 0.25) is 0 Å². The summed E-state index contributed by atoms with van der Waals surface area (Å²) >= 11 is 0. The van der Waals surface area contributed by atoms with Crippen LogP contribution in [0.3, 0.4) is 0 Å². The minimum atomic E-state index is -3.59. The summed E-state index contributed by atoms with van der Waals surface area (Å²) in [6.45, 7) is 3.87. The molecule has 0 aliphatic carbocycles. The Balaban J connectivity index is 2.96. The molecule has 0 saturated carbocycles. The van der Waals surface area contributed by atoms with Gasteiger partial charge in [0.15, 0.2) is 0 Å². The van der Waals surface area contributed by atoms with Crippen LogP contribution in [0, 0.1) is 0 Å². The van der Waals surface area contributed by atoms with Crippen LogP contribution in [-0.2, 0) is 14.8 Å². The van der Waals surface area contributed by atoms with Crippen LogP contribution in [0.5, 0.6) is 0 Å². The van der Waals surface area contributed by atoms with Crippen LogP contribution in [0.4, 0.5) is 0 Å². The van der Waals surface area contributed by atoms with Gasteiger partial charge in [-0.2, -0.15) is 12.8 Å². The Bertz CT molecular complexity index is 483. The van der Waals surface area contributed by atoms with E-state index in [1.807, 2.05) is 6.92 Å². The monoisotopic (exact) mass is 256 g/mol. The Morgan fingerprint density at radius 1 is 1.35 bits per heavy atom. The largest absolute Gasteiger partial charge is 0.480 e. The summed E-state index contributed by atoms with van der Waals surface area (Å²) < 4.78 is 30.1. The zero-order valence-electron chi connectivity index (χ0n) is 10.1. The Kier molecular flexibility index (Phi) is 4.51. The molecule has 0 amide bonds. The fraction of sp³-hybridized carbons (Fsp3) is 0.364. The van der Waals surface area contributed by atoms with Crippen molar-refractivity contribution in [2.75, 3.05) is 13.7 Å². The summed E-state index contributed by atoms with van der Waals surface area (Å²) in [5, 5.41) is 3.85. The minimum absolute atomic E-state index is 0.204. The highest BCUT2D eigenvalue weighted by atomic mass is 32.2. The van der Waals surface area contributed by atoms with Crippen LogP contribution in [-0.4, -0.2) is 32.4 Å². The van der Waals surface area contributed by atoms with E-state index in [0.717, 1.165) is 4.41 Å². The van der Waals surface area contributed by atoms with E-state index >= 15 is 0 Å². The molecule has 0 spiro atoms. The molecule has 0 unspecified atom stereocenters. The Labute approximate surface area is 102 Å². The van der Waals surface area contributed by atoms with Gasteiger partial charge in [-0.25, -0.2) is 0 Å². The van der Waals surface area contributed by atoms with Crippen molar-refractivity contribution in [2.45, 2.75) is 18.7 Å². The van der Waals surface area contributed by atoms with Gasteiger partial charge in [0.25, 0.3) is 10.0 Å². The highest BCUT2D eigenvalue weighted by molar-refractivity contribution is 7.89. The summed E-state index contributed by atoms with van der Waals surface area (Å²) in [5.74, 6) is 0.314. The molecule has 1 aromatic rings. The molecule has 17 heavy (non-hydrogen) atoms. The van der Waals surface area contributed by atoms with Crippen molar-refractivity contribution in [3.05, 3.63) is 30.3 Å². The highest BCUT2D eigenvalue weighted by Gasteiger charge is 2.19. The molecule has 1 aromatic carbocycles. The van der Waals surface area contributed by atoms with E-state index in [-0.39, 0.29) is 4.90 Å². The molecule has 5 nitrogen and oxygen atoms in total. The molecule has 0 N–H and O–H groups in total. The van der Waals surface area contributed by atoms with Gasteiger partial charge in [0.2, 0.25) is 5.90 Å². The van der Waals surface area contributed by atoms with Gasteiger partial charge in [-0.15, -0.1) is 5.10 Å². The quantitative estimate of drug-likeness (QED) is 0.468. The lowest BCUT2D eigenvalue weighted by atomic mass is 10.4. The van der Waals surface area contributed by atoms with Gasteiger partial charge in [-0.3, -0.25) is 0 Å². The smallest absolute Gasteiger partial charge is 0.278 e. The van der Waals surface area contributed by atoms with Gasteiger partial charge in [0.05, 0.1) is 11.5 Å². The van der Waals surface area contributed by atoms with Gasteiger partial charge in [0.1, 0.15) is 0 Å². The third-order valence-electron chi connectivity index (χ3n) is 2.02. The summed E-state index contributed by atoms with van der Waals surface area (Å²) in [6.07, 6.45) is 0. The van der Waals surface area contributed by atoms with Gasteiger partial charge in [0, 0.05) is 14.0 Å². The summed E-state index contributed by atoms with van der Waals surface area (Å²) in [6, 6.07) is 8.14. The van der Waals surface area contributed by atoms with Gasteiger partial charge < -0.3 is 4.74 Å². The molecular weight excluding hydrogens is 240 g/mol. The van der Waals surface area contributed by atoms with Gasteiger partial charge in [-0.1, -0.05) is 18.2 Å². The van der Waals surface area contributed by atoms with Crippen molar-refractivity contribution in [3.8, 4) is 0 Å².